The number of nitrogens with zero attached hydrogens (tertiary/aromatic N) is 1. The van der Waals surface area contributed by atoms with Crippen LogP contribution in [-0.4, -0.2) is 25.9 Å². The Labute approximate surface area is 69.9 Å². The SMILES string of the molecule is [B]N1CC(CC)=CC2(CC2)C1. The van der Waals surface area contributed by atoms with Gasteiger partial charge in [-0.2, -0.15) is 0 Å². The van der Waals surface area contributed by atoms with Gasteiger partial charge >= 0.3 is 0 Å². The molecule has 2 aliphatic rings. The van der Waals surface area contributed by atoms with Crippen LogP contribution in [0.25, 0.3) is 0 Å². The van der Waals surface area contributed by atoms with Crippen molar-refractivity contribution in [1.82, 2.24) is 4.81 Å². The molecule has 0 aromatic heterocycles. The van der Waals surface area contributed by atoms with Crippen molar-refractivity contribution in [3.05, 3.63) is 11.6 Å². The molecule has 1 fully saturated rings. The molecular weight excluding hydrogens is 133 g/mol. The van der Waals surface area contributed by atoms with Crippen LogP contribution in [0.1, 0.15) is 26.2 Å². The molecule has 2 radical (unpaired) electrons. The van der Waals surface area contributed by atoms with E-state index < -0.39 is 0 Å². The van der Waals surface area contributed by atoms with Crippen LogP contribution in [-0.2, 0) is 0 Å². The van der Waals surface area contributed by atoms with E-state index in [1.807, 2.05) is 4.81 Å². The molecular formula is C9H14BN. The lowest BCUT2D eigenvalue weighted by atomic mass is 9.94. The highest BCUT2D eigenvalue weighted by Gasteiger charge is 2.42. The summed E-state index contributed by atoms with van der Waals surface area (Å²) in [6.07, 6.45) is 6.33. The first-order valence-corrected chi connectivity index (χ1v) is 4.44. The summed E-state index contributed by atoms with van der Waals surface area (Å²) in [5.74, 6) is 0. The molecule has 1 aliphatic carbocycles. The summed E-state index contributed by atoms with van der Waals surface area (Å²) in [5.41, 5.74) is 2.04. The zero-order valence-electron chi connectivity index (χ0n) is 7.14. The summed E-state index contributed by atoms with van der Waals surface area (Å²) < 4.78 is 0. The first-order chi connectivity index (χ1) is 5.24. The third-order valence-electron chi connectivity index (χ3n) is 2.78. The van der Waals surface area contributed by atoms with Gasteiger partial charge in [0.1, 0.15) is 0 Å². The van der Waals surface area contributed by atoms with E-state index in [2.05, 4.69) is 13.0 Å². The van der Waals surface area contributed by atoms with E-state index in [9.17, 15) is 0 Å². The predicted octanol–water partition coefficient (Wildman–Crippen LogP) is 1.50. The summed E-state index contributed by atoms with van der Waals surface area (Å²) in [4.78, 5) is 1.96. The molecule has 0 aromatic carbocycles. The van der Waals surface area contributed by atoms with Crippen LogP contribution in [0.4, 0.5) is 0 Å². The third-order valence-corrected chi connectivity index (χ3v) is 2.78. The van der Waals surface area contributed by atoms with Gasteiger partial charge in [0.2, 0.25) is 0 Å². The number of hydrogen-bond donors (Lipinski definition) is 0. The molecule has 0 bridgehead atoms. The van der Waals surface area contributed by atoms with Crippen LogP contribution in [0, 0.1) is 5.41 Å². The van der Waals surface area contributed by atoms with Crippen LogP contribution in [0.2, 0.25) is 0 Å². The normalized spacial score (nSPS) is 28.6. The van der Waals surface area contributed by atoms with Crippen molar-refractivity contribution in [2.45, 2.75) is 26.2 Å². The molecule has 2 heteroatoms. The van der Waals surface area contributed by atoms with Crippen LogP contribution < -0.4 is 0 Å². The van der Waals surface area contributed by atoms with Gasteiger partial charge in [-0.25, -0.2) is 0 Å². The van der Waals surface area contributed by atoms with Gasteiger partial charge < -0.3 is 4.81 Å². The van der Waals surface area contributed by atoms with Gasteiger partial charge in [0.25, 0.3) is 0 Å². The maximum absolute atomic E-state index is 5.81. The fourth-order valence-electron chi connectivity index (χ4n) is 1.92. The fraction of sp³-hybridized carbons (Fsp3) is 0.778. The smallest absolute Gasteiger partial charge is 0.182 e. The molecule has 0 unspecified atom stereocenters. The molecule has 1 spiro atoms. The van der Waals surface area contributed by atoms with Crippen molar-refractivity contribution >= 4 is 7.98 Å². The van der Waals surface area contributed by atoms with Crippen molar-refractivity contribution < 1.29 is 0 Å². The number of hydrogen-bond acceptors (Lipinski definition) is 1. The Hall–Kier alpha value is -0.235. The lowest BCUT2D eigenvalue weighted by Gasteiger charge is -2.29. The van der Waals surface area contributed by atoms with Gasteiger partial charge in [-0.3, -0.25) is 0 Å². The van der Waals surface area contributed by atoms with E-state index in [1.54, 1.807) is 0 Å². The van der Waals surface area contributed by atoms with E-state index >= 15 is 0 Å². The zero-order valence-corrected chi connectivity index (χ0v) is 7.14. The van der Waals surface area contributed by atoms with Gasteiger partial charge in [-0.05, 0) is 25.8 Å². The summed E-state index contributed by atoms with van der Waals surface area (Å²) >= 11 is 0. The monoisotopic (exact) mass is 147 g/mol. The molecule has 58 valence electrons. The van der Waals surface area contributed by atoms with E-state index in [0.29, 0.717) is 5.41 Å². The second kappa shape index (κ2) is 2.38. The maximum Gasteiger partial charge on any atom is 0.182 e. The molecule has 1 aliphatic heterocycles. The van der Waals surface area contributed by atoms with Gasteiger partial charge in [0.05, 0.1) is 0 Å². The minimum absolute atomic E-state index is 0.512. The molecule has 11 heavy (non-hydrogen) atoms. The average molecular weight is 147 g/mol. The quantitative estimate of drug-likeness (QED) is 0.401. The second-order valence-electron chi connectivity index (χ2n) is 3.92. The zero-order chi connectivity index (χ0) is 7.90. The fourth-order valence-corrected chi connectivity index (χ4v) is 1.92. The van der Waals surface area contributed by atoms with Crippen molar-refractivity contribution in [3.8, 4) is 0 Å². The molecule has 1 saturated carbocycles. The highest BCUT2D eigenvalue weighted by molar-refractivity contribution is 6.04. The summed E-state index contributed by atoms with van der Waals surface area (Å²) in [5, 5.41) is 0. The molecule has 1 nitrogen and oxygen atoms in total. The molecule has 0 atom stereocenters. The first-order valence-electron chi connectivity index (χ1n) is 4.44. The minimum atomic E-state index is 0.512. The highest BCUT2D eigenvalue weighted by Crippen LogP contribution is 2.50. The maximum atomic E-state index is 5.81. The first kappa shape index (κ1) is 7.42. The molecule has 0 N–H and O–H groups in total. The molecule has 1 heterocycles. The molecule has 0 aromatic rings. The second-order valence-corrected chi connectivity index (χ2v) is 3.92. The van der Waals surface area contributed by atoms with Crippen molar-refractivity contribution in [1.29, 1.82) is 0 Å². The largest absolute Gasteiger partial charge is 0.349 e. The Morgan fingerprint density at radius 3 is 2.91 bits per heavy atom. The van der Waals surface area contributed by atoms with E-state index in [4.69, 9.17) is 7.98 Å². The van der Waals surface area contributed by atoms with Crippen molar-refractivity contribution in [2.24, 2.45) is 5.41 Å². The van der Waals surface area contributed by atoms with Gasteiger partial charge in [0.15, 0.2) is 7.98 Å². The van der Waals surface area contributed by atoms with Crippen LogP contribution in [0.15, 0.2) is 11.6 Å². The van der Waals surface area contributed by atoms with E-state index in [-0.39, 0.29) is 0 Å². The Morgan fingerprint density at radius 2 is 2.36 bits per heavy atom. The van der Waals surface area contributed by atoms with E-state index in [0.717, 1.165) is 19.5 Å². The van der Waals surface area contributed by atoms with Crippen LogP contribution >= 0.6 is 0 Å². The summed E-state index contributed by atoms with van der Waals surface area (Å²) in [7, 11) is 5.81. The van der Waals surface area contributed by atoms with Gasteiger partial charge in [0, 0.05) is 12.0 Å². The Kier molecular flexibility index (Phi) is 1.60. The molecule has 0 saturated heterocycles. The molecule has 0 amide bonds. The Morgan fingerprint density at radius 1 is 1.64 bits per heavy atom. The standard InChI is InChI=1S/C9H14BN/c1-2-8-5-9(3-4-9)7-11(10)6-8/h5H,2-4,6-7H2,1H3. The van der Waals surface area contributed by atoms with Crippen LogP contribution in [0.3, 0.4) is 0 Å². The Bertz CT molecular complexity index is 194. The predicted molar refractivity (Wildman–Crippen MR) is 47.4 cm³/mol. The van der Waals surface area contributed by atoms with Crippen molar-refractivity contribution in [3.63, 3.8) is 0 Å². The number of rotatable bonds is 1. The molecule has 2 rings (SSSR count). The summed E-state index contributed by atoms with van der Waals surface area (Å²) in [6, 6.07) is 0. The topological polar surface area (TPSA) is 3.24 Å². The Balaban J connectivity index is 2.14. The van der Waals surface area contributed by atoms with Crippen molar-refractivity contribution in [2.75, 3.05) is 13.1 Å². The van der Waals surface area contributed by atoms with Gasteiger partial charge in [-0.15, -0.1) is 0 Å². The summed E-state index contributed by atoms with van der Waals surface area (Å²) in [6.45, 7) is 4.27. The highest BCUT2D eigenvalue weighted by atomic mass is 15.1. The lowest BCUT2D eigenvalue weighted by Crippen LogP contribution is -2.33. The lowest BCUT2D eigenvalue weighted by molar-refractivity contribution is 0.380. The average Bonchev–Trinajstić information content (AvgIpc) is 2.67. The minimum Gasteiger partial charge on any atom is -0.349 e. The van der Waals surface area contributed by atoms with E-state index in [1.165, 1.54) is 18.4 Å². The van der Waals surface area contributed by atoms with Gasteiger partial charge in [-0.1, -0.05) is 18.6 Å². The third kappa shape index (κ3) is 1.37. The van der Waals surface area contributed by atoms with Crippen LogP contribution in [0.5, 0.6) is 0 Å².